The van der Waals surface area contributed by atoms with Gasteiger partial charge >= 0.3 is 0 Å². The molecule has 0 aliphatic rings. The highest BCUT2D eigenvalue weighted by Gasteiger charge is 2.17. The first-order valence-electron chi connectivity index (χ1n) is 12.9. The van der Waals surface area contributed by atoms with E-state index in [-0.39, 0.29) is 0 Å². The molecular weight excluding hydrogens is 492 g/mol. The number of hydrogen-bond acceptors (Lipinski definition) is 6. The highest BCUT2D eigenvalue weighted by molar-refractivity contribution is 5.98. The van der Waals surface area contributed by atoms with Crippen molar-refractivity contribution in [1.82, 2.24) is 29.9 Å². The molecule has 6 heteroatoms. The standard InChI is InChI=1S/C34H19N6/c1-3-9-27-21(6-1)16-24(19-37-27)26-8-5-11-30-34(26)40-33(25-17-22-7-2-4-10-28(22)38-20-25)32(39-30)23-12-13-29-31(18-23)36-15-14-35-29/h1-7,9-20H. The van der Waals surface area contributed by atoms with E-state index in [0.29, 0.717) is 0 Å². The molecule has 0 aliphatic carbocycles. The van der Waals surface area contributed by atoms with E-state index in [1.165, 1.54) is 0 Å². The van der Waals surface area contributed by atoms with E-state index in [1.54, 1.807) is 12.4 Å². The van der Waals surface area contributed by atoms with Gasteiger partial charge in [-0.3, -0.25) is 19.9 Å². The van der Waals surface area contributed by atoms with Gasteiger partial charge in [0, 0.05) is 57.8 Å². The van der Waals surface area contributed by atoms with Crippen LogP contribution in [0.5, 0.6) is 0 Å². The van der Waals surface area contributed by atoms with Crippen LogP contribution < -0.4 is 0 Å². The van der Waals surface area contributed by atoms with Crippen molar-refractivity contribution >= 4 is 43.9 Å². The maximum atomic E-state index is 5.27. The molecule has 0 unspecified atom stereocenters. The Balaban J connectivity index is 1.41. The van der Waals surface area contributed by atoms with Crippen molar-refractivity contribution in [2.75, 3.05) is 0 Å². The summed E-state index contributed by atoms with van der Waals surface area (Å²) < 4.78 is 0. The number of para-hydroxylation sites is 2. The maximum absolute atomic E-state index is 5.27. The van der Waals surface area contributed by atoms with E-state index >= 15 is 0 Å². The average molecular weight is 512 g/mol. The van der Waals surface area contributed by atoms with Crippen LogP contribution in [0.25, 0.3) is 77.5 Å². The predicted molar refractivity (Wildman–Crippen MR) is 158 cm³/mol. The summed E-state index contributed by atoms with van der Waals surface area (Å²) in [5.74, 6) is 0. The summed E-state index contributed by atoms with van der Waals surface area (Å²) in [4.78, 5) is 28.8. The Morgan fingerprint density at radius 2 is 1.15 bits per heavy atom. The number of fused-ring (bicyclic) bond motifs is 4. The number of benzene rings is 4. The molecule has 4 aromatic carbocycles. The van der Waals surface area contributed by atoms with Crippen LogP contribution in [0.15, 0.2) is 116 Å². The van der Waals surface area contributed by atoms with Crippen LogP contribution in [0.3, 0.4) is 0 Å². The number of rotatable bonds is 3. The van der Waals surface area contributed by atoms with E-state index in [4.69, 9.17) is 15.0 Å². The van der Waals surface area contributed by atoms with Crippen molar-refractivity contribution in [1.29, 1.82) is 0 Å². The van der Waals surface area contributed by atoms with Gasteiger partial charge in [-0.05, 0) is 48.5 Å². The van der Waals surface area contributed by atoms with Crippen LogP contribution in [-0.4, -0.2) is 29.9 Å². The molecule has 4 aromatic heterocycles. The molecular formula is C34H19N6. The second-order valence-electron chi connectivity index (χ2n) is 9.60. The van der Waals surface area contributed by atoms with Crippen molar-refractivity contribution in [3.63, 3.8) is 0 Å². The molecule has 1 radical (unpaired) electrons. The van der Waals surface area contributed by atoms with Crippen LogP contribution in [0, 0.1) is 6.07 Å². The second kappa shape index (κ2) is 8.99. The molecule has 6 nitrogen and oxygen atoms in total. The highest BCUT2D eigenvalue weighted by atomic mass is 14.8. The molecule has 0 fully saturated rings. The second-order valence-corrected chi connectivity index (χ2v) is 9.60. The van der Waals surface area contributed by atoms with Crippen molar-refractivity contribution in [2.45, 2.75) is 0 Å². The Kier molecular flexibility index (Phi) is 5.03. The van der Waals surface area contributed by atoms with Gasteiger partial charge in [-0.1, -0.05) is 48.5 Å². The monoisotopic (exact) mass is 511 g/mol. The first kappa shape index (κ1) is 22.4. The fourth-order valence-corrected chi connectivity index (χ4v) is 5.16. The average Bonchev–Trinajstić information content (AvgIpc) is 3.03. The first-order valence-corrected chi connectivity index (χ1v) is 12.9. The third kappa shape index (κ3) is 3.74. The van der Waals surface area contributed by atoms with Gasteiger partial charge in [0.1, 0.15) is 0 Å². The lowest BCUT2D eigenvalue weighted by Crippen LogP contribution is -1.98. The summed E-state index contributed by atoms with van der Waals surface area (Å²) in [5, 5.41) is 2.10. The molecule has 0 saturated heterocycles. The van der Waals surface area contributed by atoms with Crippen LogP contribution in [-0.2, 0) is 0 Å². The van der Waals surface area contributed by atoms with Gasteiger partial charge in [0.2, 0.25) is 0 Å². The summed E-state index contributed by atoms with van der Waals surface area (Å²) >= 11 is 0. The van der Waals surface area contributed by atoms with Gasteiger partial charge in [0.15, 0.2) is 0 Å². The maximum Gasteiger partial charge on any atom is 0.0989 e. The molecule has 8 rings (SSSR count). The van der Waals surface area contributed by atoms with Gasteiger partial charge in [-0.2, -0.15) is 0 Å². The highest BCUT2D eigenvalue weighted by Crippen LogP contribution is 2.36. The molecule has 4 heterocycles. The van der Waals surface area contributed by atoms with E-state index in [9.17, 15) is 0 Å². The Hall–Kier alpha value is -5.62. The smallest absolute Gasteiger partial charge is 0.0989 e. The van der Waals surface area contributed by atoms with E-state index in [2.05, 4.69) is 45.3 Å². The van der Waals surface area contributed by atoms with Crippen molar-refractivity contribution in [3.8, 4) is 33.6 Å². The Morgan fingerprint density at radius 3 is 1.95 bits per heavy atom. The fourth-order valence-electron chi connectivity index (χ4n) is 5.16. The Morgan fingerprint density at radius 1 is 0.475 bits per heavy atom. The minimum Gasteiger partial charge on any atom is -0.256 e. The zero-order valence-electron chi connectivity index (χ0n) is 21.2. The van der Waals surface area contributed by atoms with Gasteiger partial charge in [0.25, 0.3) is 0 Å². The van der Waals surface area contributed by atoms with Crippen molar-refractivity contribution < 1.29 is 0 Å². The van der Waals surface area contributed by atoms with Crippen LogP contribution in [0.2, 0.25) is 0 Å². The fraction of sp³-hybridized carbons (Fsp3) is 0. The van der Waals surface area contributed by atoms with E-state index in [0.717, 1.165) is 77.5 Å². The van der Waals surface area contributed by atoms with Crippen molar-refractivity contribution in [2.24, 2.45) is 0 Å². The molecule has 0 saturated carbocycles. The summed E-state index contributed by atoms with van der Waals surface area (Å²) in [6.07, 6.45) is 7.14. The Bertz CT molecular complexity index is 2240. The minimum atomic E-state index is 0.739. The summed E-state index contributed by atoms with van der Waals surface area (Å²) in [6.45, 7) is 0. The summed E-state index contributed by atoms with van der Waals surface area (Å²) in [7, 11) is 0. The lowest BCUT2D eigenvalue weighted by atomic mass is 10.0. The van der Waals surface area contributed by atoms with E-state index < -0.39 is 0 Å². The largest absolute Gasteiger partial charge is 0.256 e. The summed E-state index contributed by atoms with van der Waals surface area (Å²) in [6, 6.07) is 33.7. The van der Waals surface area contributed by atoms with Gasteiger partial charge in [-0.15, -0.1) is 0 Å². The predicted octanol–water partition coefficient (Wildman–Crippen LogP) is 7.47. The van der Waals surface area contributed by atoms with Crippen molar-refractivity contribution in [3.05, 3.63) is 122 Å². The molecule has 185 valence electrons. The quantitative estimate of drug-likeness (QED) is 0.245. The molecule has 40 heavy (non-hydrogen) atoms. The lowest BCUT2D eigenvalue weighted by Gasteiger charge is -2.13. The zero-order chi connectivity index (χ0) is 26.5. The van der Waals surface area contributed by atoms with Gasteiger partial charge in [-0.25, -0.2) is 9.97 Å². The Labute approximate surface area is 229 Å². The lowest BCUT2D eigenvalue weighted by molar-refractivity contribution is 1.27. The number of pyridine rings is 2. The minimum absolute atomic E-state index is 0.739. The zero-order valence-corrected chi connectivity index (χ0v) is 21.2. The molecule has 0 bridgehead atoms. The molecule has 0 spiro atoms. The van der Waals surface area contributed by atoms with Crippen LogP contribution >= 0.6 is 0 Å². The molecule has 0 N–H and O–H groups in total. The molecule has 0 atom stereocenters. The van der Waals surface area contributed by atoms with Crippen LogP contribution in [0.1, 0.15) is 0 Å². The number of nitrogens with zero attached hydrogens (tertiary/aromatic N) is 6. The topological polar surface area (TPSA) is 77.3 Å². The first-order chi connectivity index (χ1) is 19.8. The van der Waals surface area contributed by atoms with Gasteiger partial charge in [0.05, 0.1) is 44.5 Å². The number of aromatic nitrogens is 6. The third-order valence-electron chi connectivity index (χ3n) is 7.11. The van der Waals surface area contributed by atoms with E-state index in [1.807, 2.05) is 79.1 Å². The van der Waals surface area contributed by atoms with Crippen LogP contribution in [0.4, 0.5) is 0 Å². The molecule has 0 aliphatic heterocycles. The number of hydrogen-bond donors (Lipinski definition) is 0. The third-order valence-corrected chi connectivity index (χ3v) is 7.11. The SMILES string of the molecule is [c]1ccc2nc(-c3ccc4nccnc4c3)c(-c3cnc4ccccc4c3)nc2c1-c1cnc2ccccc2c1. The molecule has 8 aromatic rings. The normalized spacial score (nSPS) is 11.5. The summed E-state index contributed by atoms with van der Waals surface area (Å²) in [5.41, 5.74) is 10.1. The van der Waals surface area contributed by atoms with Gasteiger partial charge < -0.3 is 0 Å². The molecule has 0 amide bonds.